The summed E-state index contributed by atoms with van der Waals surface area (Å²) in [6.45, 7) is 0. The van der Waals surface area contributed by atoms with Crippen molar-refractivity contribution in [3.63, 3.8) is 0 Å². The molecule has 10 heteroatoms. The van der Waals surface area contributed by atoms with Crippen molar-refractivity contribution >= 4 is 52.1 Å². The monoisotopic (exact) mass is 403 g/mol. The number of carbonyl (C=O) groups excluding carboxylic acids is 1. The van der Waals surface area contributed by atoms with Gasteiger partial charge in [0.15, 0.2) is 0 Å². The zero-order valence-electron chi connectivity index (χ0n) is 13.5. The molecule has 27 heavy (non-hydrogen) atoms. The maximum Gasteiger partial charge on any atom is 0.354 e. The maximum atomic E-state index is 13.2. The fraction of sp³-hybridized carbons (Fsp3) is 0. The van der Waals surface area contributed by atoms with Gasteiger partial charge >= 0.3 is 5.69 Å². The zero-order valence-corrected chi connectivity index (χ0v) is 15.1. The van der Waals surface area contributed by atoms with Crippen LogP contribution in [0.25, 0.3) is 0 Å². The van der Waals surface area contributed by atoms with Crippen molar-refractivity contribution in [2.45, 2.75) is 0 Å². The third-order valence-corrected chi connectivity index (χ3v) is 3.95. The second kappa shape index (κ2) is 7.56. The molecule has 0 saturated heterocycles. The molecule has 1 amide bonds. The Hall–Kier alpha value is -3.23. The molecule has 0 bridgehead atoms. The lowest BCUT2D eigenvalue weighted by atomic mass is 10.1. The van der Waals surface area contributed by atoms with Gasteiger partial charge in [-0.05, 0) is 41.9 Å². The zero-order chi connectivity index (χ0) is 19.6. The van der Waals surface area contributed by atoms with Crippen LogP contribution in [0.5, 0.6) is 0 Å². The van der Waals surface area contributed by atoms with Crippen LogP contribution in [0.15, 0.2) is 54.6 Å². The van der Waals surface area contributed by atoms with Crippen molar-refractivity contribution in [1.29, 1.82) is 0 Å². The summed E-state index contributed by atoms with van der Waals surface area (Å²) in [7, 11) is 0. The van der Waals surface area contributed by atoms with E-state index >= 15 is 0 Å². The number of hydrogen-bond donors (Lipinski definition) is 1. The van der Waals surface area contributed by atoms with Crippen LogP contribution >= 0.6 is 23.2 Å². The van der Waals surface area contributed by atoms with Gasteiger partial charge in [-0.3, -0.25) is 19.8 Å². The van der Waals surface area contributed by atoms with Gasteiger partial charge in [-0.15, -0.1) is 0 Å². The van der Waals surface area contributed by atoms with Crippen LogP contribution in [0.2, 0.25) is 10.3 Å². The SMILES string of the molecule is Nc1nc(Cl)nc(N(C(=O)c2ccccc2)c2cccc(Cl)c2)c1[N+](=O)[O-]. The molecule has 8 nitrogen and oxygen atoms in total. The first-order chi connectivity index (χ1) is 12.9. The van der Waals surface area contributed by atoms with Crippen molar-refractivity contribution < 1.29 is 9.72 Å². The molecule has 0 atom stereocenters. The minimum atomic E-state index is -0.767. The number of aromatic nitrogens is 2. The molecule has 0 aliphatic carbocycles. The molecule has 3 aromatic rings. The molecule has 2 N–H and O–H groups in total. The summed E-state index contributed by atoms with van der Waals surface area (Å²) in [5.41, 5.74) is 5.57. The largest absolute Gasteiger partial charge is 0.378 e. The lowest BCUT2D eigenvalue weighted by molar-refractivity contribution is -0.383. The number of nitro groups is 1. The highest BCUT2D eigenvalue weighted by Crippen LogP contribution is 2.37. The van der Waals surface area contributed by atoms with Gasteiger partial charge in [-0.1, -0.05) is 35.9 Å². The Labute approximate surface area is 163 Å². The second-order valence-corrected chi connectivity index (χ2v) is 6.07. The van der Waals surface area contributed by atoms with E-state index in [1.807, 2.05) is 0 Å². The van der Waals surface area contributed by atoms with Crippen molar-refractivity contribution in [2.75, 3.05) is 10.6 Å². The van der Waals surface area contributed by atoms with Crippen LogP contribution in [0.4, 0.5) is 23.0 Å². The van der Waals surface area contributed by atoms with E-state index in [-0.39, 0.29) is 22.4 Å². The lowest BCUT2D eigenvalue weighted by Crippen LogP contribution is -2.28. The van der Waals surface area contributed by atoms with E-state index in [4.69, 9.17) is 28.9 Å². The number of carbonyl (C=O) groups is 1. The summed E-state index contributed by atoms with van der Waals surface area (Å²) in [6.07, 6.45) is 0. The van der Waals surface area contributed by atoms with Gasteiger partial charge in [0.25, 0.3) is 5.91 Å². The second-order valence-electron chi connectivity index (χ2n) is 5.29. The Kier molecular flexibility index (Phi) is 5.20. The van der Waals surface area contributed by atoms with Crippen molar-refractivity contribution in [3.8, 4) is 0 Å². The molecule has 0 aliphatic rings. The summed E-state index contributed by atoms with van der Waals surface area (Å²) >= 11 is 11.9. The fourth-order valence-corrected chi connectivity index (χ4v) is 2.78. The lowest BCUT2D eigenvalue weighted by Gasteiger charge is -2.22. The number of anilines is 3. The van der Waals surface area contributed by atoms with Crippen LogP contribution in [-0.4, -0.2) is 20.8 Å². The molecule has 0 aliphatic heterocycles. The number of benzene rings is 2. The summed E-state index contributed by atoms with van der Waals surface area (Å²) in [5, 5.41) is 11.5. The minimum Gasteiger partial charge on any atom is -0.378 e. The highest BCUT2D eigenvalue weighted by Gasteiger charge is 2.32. The number of nitrogen functional groups attached to an aromatic ring is 1. The van der Waals surface area contributed by atoms with Gasteiger partial charge in [0.1, 0.15) is 0 Å². The Balaban J connectivity index is 2.29. The van der Waals surface area contributed by atoms with Gasteiger partial charge < -0.3 is 5.73 Å². The van der Waals surface area contributed by atoms with Gasteiger partial charge in [0.05, 0.1) is 10.6 Å². The smallest absolute Gasteiger partial charge is 0.354 e. The van der Waals surface area contributed by atoms with E-state index in [9.17, 15) is 14.9 Å². The van der Waals surface area contributed by atoms with Crippen LogP contribution in [0.1, 0.15) is 10.4 Å². The van der Waals surface area contributed by atoms with E-state index in [2.05, 4.69) is 9.97 Å². The van der Waals surface area contributed by atoms with E-state index in [0.717, 1.165) is 4.90 Å². The first-order valence-electron chi connectivity index (χ1n) is 7.51. The first-order valence-corrected chi connectivity index (χ1v) is 8.26. The third kappa shape index (κ3) is 3.81. The highest BCUT2D eigenvalue weighted by atomic mass is 35.5. The molecule has 1 heterocycles. The van der Waals surface area contributed by atoms with Gasteiger partial charge in [-0.25, -0.2) is 0 Å². The van der Waals surface area contributed by atoms with Crippen LogP contribution in [-0.2, 0) is 0 Å². The highest BCUT2D eigenvalue weighted by molar-refractivity contribution is 6.31. The van der Waals surface area contributed by atoms with E-state index < -0.39 is 22.3 Å². The molecule has 0 saturated carbocycles. The number of hydrogen-bond acceptors (Lipinski definition) is 6. The van der Waals surface area contributed by atoms with Gasteiger partial charge in [0, 0.05) is 10.6 Å². The van der Waals surface area contributed by atoms with E-state index in [1.54, 1.807) is 48.5 Å². The predicted octanol–water partition coefficient (Wildman–Crippen LogP) is 4.25. The fourth-order valence-electron chi connectivity index (χ4n) is 2.42. The topological polar surface area (TPSA) is 115 Å². The van der Waals surface area contributed by atoms with Crippen LogP contribution in [0, 0.1) is 10.1 Å². The number of nitrogens with two attached hydrogens (primary N) is 1. The van der Waals surface area contributed by atoms with Crippen molar-refractivity contribution in [1.82, 2.24) is 9.97 Å². The number of amides is 1. The molecule has 0 radical (unpaired) electrons. The van der Waals surface area contributed by atoms with Crippen LogP contribution in [0.3, 0.4) is 0 Å². The predicted molar refractivity (Wildman–Crippen MR) is 102 cm³/mol. The minimum absolute atomic E-state index is 0.258. The Morgan fingerprint density at radius 3 is 2.41 bits per heavy atom. The molecule has 0 fully saturated rings. The standard InChI is InChI=1S/C17H11Cl2N5O3/c18-11-7-4-8-12(9-11)23(16(25)10-5-2-1-3-6-10)15-13(24(26)27)14(20)21-17(19)22-15/h1-9H,(H2,20,21,22). The van der Waals surface area contributed by atoms with E-state index in [0.29, 0.717) is 5.02 Å². The molecular formula is C17H11Cl2N5O3. The number of halogens is 2. The normalized spacial score (nSPS) is 10.4. The summed E-state index contributed by atoms with van der Waals surface area (Å²) in [4.78, 5) is 32.5. The molecule has 2 aromatic carbocycles. The molecule has 0 spiro atoms. The number of rotatable bonds is 4. The molecular weight excluding hydrogens is 393 g/mol. The number of nitrogens with zero attached hydrogens (tertiary/aromatic N) is 4. The first kappa shape index (κ1) is 18.6. The van der Waals surface area contributed by atoms with E-state index in [1.165, 1.54) is 6.07 Å². The molecule has 0 unspecified atom stereocenters. The summed E-state index contributed by atoms with van der Waals surface area (Å²) in [6, 6.07) is 14.4. The third-order valence-electron chi connectivity index (χ3n) is 3.55. The Bertz CT molecular complexity index is 1030. The molecule has 1 aromatic heterocycles. The van der Waals surface area contributed by atoms with Crippen LogP contribution < -0.4 is 10.6 Å². The van der Waals surface area contributed by atoms with Gasteiger partial charge in [-0.2, -0.15) is 9.97 Å². The van der Waals surface area contributed by atoms with Gasteiger partial charge in [0.2, 0.25) is 16.9 Å². The van der Waals surface area contributed by atoms with Crippen molar-refractivity contribution in [3.05, 3.63) is 80.6 Å². The maximum absolute atomic E-state index is 13.2. The summed E-state index contributed by atoms with van der Waals surface area (Å²) < 4.78 is 0. The average molecular weight is 404 g/mol. The summed E-state index contributed by atoms with van der Waals surface area (Å²) in [5.74, 6) is -1.38. The quantitative estimate of drug-likeness (QED) is 0.395. The molecule has 3 rings (SSSR count). The Morgan fingerprint density at radius 2 is 1.78 bits per heavy atom. The average Bonchev–Trinajstić information content (AvgIpc) is 2.62. The molecule has 136 valence electrons. The van der Waals surface area contributed by atoms with Crippen molar-refractivity contribution in [2.24, 2.45) is 0 Å². The Morgan fingerprint density at radius 1 is 1.07 bits per heavy atom.